The molecule has 4 rings (SSSR count). The third kappa shape index (κ3) is 6.75. The van der Waals surface area contributed by atoms with Crippen LogP contribution in [-0.2, 0) is 23.7 Å². The molecule has 2 aromatic carbocycles. The molecular weight excluding hydrogens is 534 g/mol. The molecule has 0 radical (unpaired) electrons. The summed E-state index contributed by atoms with van der Waals surface area (Å²) in [6, 6.07) is 10.7. The summed E-state index contributed by atoms with van der Waals surface area (Å²) in [5.41, 5.74) is -2.15. The number of alkyl halides is 6. The minimum Gasteiger partial charge on any atom is -0.355 e. The Morgan fingerprint density at radius 2 is 1.63 bits per heavy atom. The predicted molar refractivity (Wildman–Crippen MR) is 132 cm³/mol. The summed E-state index contributed by atoms with van der Waals surface area (Å²) in [7, 11) is 1.40. The molecule has 1 fully saturated rings. The number of halogens is 7. The molecule has 1 saturated heterocycles. The highest BCUT2D eigenvalue weighted by molar-refractivity contribution is 5.85. The quantitative estimate of drug-likeness (QED) is 0.350. The summed E-state index contributed by atoms with van der Waals surface area (Å²) in [5, 5.41) is 0. The second-order valence-electron chi connectivity index (χ2n) is 9.03. The van der Waals surface area contributed by atoms with Crippen molar-refractivity contribution in [3.05, 3.63) is 89.4 Å². The van der Waals surface area contributed by atoms with Crippen LogP contribution in [0.2, 0.25) is 0 Å². The third-order valence-corrected chi connectivity index (χ3v) is 6.47. The lowest BCUT2D eigenvalue weighted by molar-refractivity contribution is -0.143. The van der Waals surface area contributed by atoms with Gasteiger partial charge in [-0.1, -0.05) is 30.3 Å². The lowest BCUT2D eigenvalue weighted by atomic mass is 9.79. The molecular formula is C26H25ClF6N4O. The van der Waals surface area contributed by atoms with Crippen LogP contribution < -0.4 is 4.90 Å². The molecule has 1 amide bonds. The van der Waals surface area contributed by atoms with Gasteiger partial charge in [-0.3, -0.25) is 9.78 Å². The smallest absolute Gasteiger partial charge is 0.355 e. The minimum atomic E-state index is -4.95. The van der Waals surface area contributed by atoms with Crippen LogP contribution in [0, 0.1) is 5.92 Å². The van der Waals surface area contributed by atoms with Crippen LogP contribution in [0.1, 0.15) is 34.6 Å². The first kappa shape index (κ1) is 29.2. The Morgan fingerprint density at radius 1 is 1.00 bits per heavy atom. The number of carbonyl (C=O) groups excluding carboxylic acids is 1. The number of piperidine rings is 1. The number of amides is 1. The SMILES string of the molecule is CN(Cc1cc(C(F)(F)F)cc(C(F)(F)F)c1)C(=O)[C@H]1CCN(c2cnccn2)C[C@H]1c1ccccc1.Cl. The molecule has 204 valence electrons. The number of hydrogen-bond donors (Lipinski definition) is 0. The first-order chi connectivity index (χ1) is 17.4. The minimum absolute atomic E-state index is 0. The summed E-state index contributed by atoms with van der Waals surface area (Å²) in [6.07, 6.45) is -4.73. The van der Waals surface area contributed by atoms with E-state index in [2.05, 4.69) is 9.97 Å². The summed E-state index contributed by atoms with van der Waals surface area (Å²) in [6.45, 7) is 0.556. The zero-order chi connectivity index (χ0) is 26.8. The average molecular weight is 559 g/mol. The van der Waals surface area contributed by atoms with Crippen molar-refractivity contribution in [2.45, 2.75) is 31.2 Å². The largest absolute Gasteiger partial charge is 0.416 e. The zero-order valence-corrected chi connectivity index (χ0v) is 21.0. The average Bonchev–Trinajstić information content (AvgIpc) is 2.87. The van der Waals surface area contributed by atoms with Crippen LogP contribution in [0.5, 0.6) is 0 Å². The monoisotopic (exact) mass is 558 g/mol. The maximum Gasteiger partial charge on any atom is 0.416 e. The lowest BCUT2D eigenvalue weighted by Crippen LogP contribution is -2.46. The second-order valence-corrected chi connectivity index (χ2v) is 9.03. The Hall–Kier alpha value is -3.34. The van der Waals surface area contributed by atoms with E-state index < -0.39 is 35.9 Å². The number of benzene rings is 2. The normalized spacial score (nSPS) is 18.0. The standard InChI is InChI=1S/C26H24F6N4O.ClH/c1-35(15-17-11-19(25(27,28)29)13-20(12-17)26(30,31)32)24(37)21-7-10-36(23-14-33-8-9-34-23)16-22(21)18-5-3-2-4-6-18;/h2-6,8-9,11-14,21-22H,7,10,15-16H2,1H3;1H/t21-,22-;/m0./s1. The topological polar surface area (TPSA) is 49.3 Å². The maximum absolute atomic E-state index is 13.5. The molecule has 3 aromatic rings. The van der Waals surface area contributed by atoms with Gasteiger partial charge in [0.1, 0.15) is 5.82 Å². The van der Waals surface area contributed by atoms with Crippen molar-refractivity contribution in [1.82, 2.24) is 14.9 Å². The zero-order valence-electron chi connectivity index (χ0n) is 20.2. The van der Waals surface area contributed by atoms with Crippen molar-refractivity contribution < 1.29 is 31.1 Å². The van der Waals surface area contributed by atoms with Gasteiger partial charge in [-0.2, -0.15) is 26.3 Å². The molecule has 2 atom stereocenters. The van der Waals surface area contributed by atoms with Crippen LogP contribution in [-0.4, -0.2) is 40.9 Å². The highest BCUT2D eigenvalue weighted by Gasteiger charge is 2.39. The molecule has 0 bridgehead atoms. The first-order valence-electron chi connectivity index (χ1n) is 11.5. The predicted octanol–water partition coefficient (Wildman–Crippen LogP) is 6.20. The van der Waals surface area contributed by atoms with Crippen molar-refractivity contribution in [3.8, 4) is 0 Å². The number of rotatable bonds is 5. The van der Waals surface area contributed by atoms with E-state index in [0.717, 1.165) is 5.56 Å². The number of hydrogen-bond acceptors (Lipinski definition) is 4. The summed E-state index contributed by atoms with van der Waals surface area (Å²) in [5.74, 6) is -0.475. The van der Waals surface area contributed by atoms with Gasteiger partial charge in [-0.15, -0.1) is 12.4 Å². The van der Waals surface area contributed by atoms with Gasteiger partial charge in [0.05, 0.1) is 17.3 Å². The maximum atomic E-state index is 13.5. The molecule has 2 heterocycles. The van der Waals surface area contributed by atoms with Crippen LogP contribution >= 0.6 is 12.4 Å². The first-order valence-corrected chi connectivity index (χ1v) is 11.5. The van der Waals surface area contributed by atoms with E-state index in [1.54, 1.807) is 18.6 Å². The van der Waals surface area contributed by atoms with E-state index in [-0.39, 0.29) is 35.9 Å². The van der Waals surface area contributed by atoms with E-state index in [9.17, 15) is 31.1 Å². The second kappa shape index (κ2) is 11.6. The summed E-state index contributed by atoms with van der Waals surface area (Å²) >= 11 is 0. The van der Waals surface area contributed by atoms with Crippen molar-refractivity contribution in [1.29, 1.82) is 0 Å². The van der Waals surface area contributed by atoms with Gasteiger partial charge >= 0.3 is 12.4 Å². The van der Waals surface area contributed by atoms with Crippen LogP contribution in [0.3, 0.4) is 0 Å². The van der Waals surface area contributed by atoms with E-state index in [0.29, 0.717) is 37.5 Å². The van der Waals surface area contributed by atoms with E-state index in [4.69, 9.17) is 0 Å². The van der Waals surface area contributed by atoms with Gasteiger partial charge in [0.25, 0.3) is 0 Å². The molecule has 12 heteroatoms. The Kier molecular flexibility index (Phi) is 8.91. The van der Waals surface area contributed by atoms with Gasteiger partial charge in [-0.25, -0.2) is 4.98 Å². The number of anilines is 1. The Bertz CT molecular complexity index is 1190. The van der Waals surface area contributed by atoms with Crippen LogP contribution in [0.4, 0.5) is 32.2 Å². The van der Waals surface area contributed by atoms with E-state index in [1.807, 2.05) is 35.2 Å². The highest BCUT2D eigenvalue weighted by atomic mass is 35.5. The molecule has 1 aliphatic rings. The fraction of sp³-hybridized carbons (Fsp3) is 0.346. The van der Waals surface area contributed by atoms with E-state index in [1.165, 1.54) is 11.9 Å². The number of carbonyl (C=O) groups is 1. The van der Waals surface area contributed by atoms with Crippen molar-refractivity contribution in [3.63, 3.8) is 0 Å². The summed E-state index contributed by atoms with van der Waals surface area (Å²) in [4.78, 5) is 25.2. The molecule has 0 N–H and O–H groups in total. The van der Waals surface area contributed by atoms with Gasteiger partial charge < -0.3 is 9.80 Å². The van der Waals surface area contributed by atoms with Crippen molar-refractivity contribution in [2.75, 3.05) is 25.0 Å². The molecule has 1 aromatic heterocycles. The van der Waals surface area contributed by atoms with Gasteiger partial charge in [0.15, 0.2) is 0 Å². The molecule has 38 heavy (non-hydrogen) atoms. The molecule has 5 nitrogen and oxygen atoms in total. The molecule has 1 aliphatic heterocycles. The van der Waals surface area contributed by atoms with Crippen LogP contribution in [0.15, 0.2) is 67.1 Å². The Balaban J connectivity index is 0.00000400. The van der Waals surface area contributed by atoms with Crippen molar-refractivity contribution in [2.24, 2.45) is 5.92 Å². The Morgan fingerprint density at radius 3 is 2.18 bits per heavy atom. The van der Waals surface area contributed by atoms with Crippen molar-refractivity contribution >= 4 is 24.1 Å². The third-order valence-electron chi connectivity index (χ3n) is 6.47. The number of aromatic nitrogens is 2. The van der Waals surface area contributed by atoms with Gasteiger partial charge in [0, 0.05) is 50.9 Å². The lowest BCUT2D eigenvalue weighted by Gasteiger charge is -2.40. The fourth-order valence-corrected chi connectivity index (χ4v) is 4.69. The highest BCUT2D eigenvalue weighted by Crippen LogP contribution is 2.38. The van der Waals surface area contributed by atoms with Gasteiger partial charge in [0.2, 0.25) is 5.91 Å². The summed E-state index contributed by atoms with van der Waals surface area (Å²) < 4.78 is 79.7. The molecule has 0 unspecified atom stereocenters. The van der Waals surface area contributed by atoms with Gasteiger partial charge in [-0.05, 0) is 35.7 Å². The van der Waals surface area contributed by atoms with Crippen LogP contribution in [0.25, 0.3) is 0 Å². The molecule has 0 aliphatic carbocycles. The van der Waals surface area contributed by atoms with E-state index >= 15 is 0 Å². The molecule has 0 saturated carbocycles. The Labute approximate surface area is 221 Å². The number of nitrogens with zero attached hydrogens (tertiary/aromatic N) is 4. The molecule has 0 spiro atoms. The fourth-order valence-electron chi connectivity index (χ4n) is 4.69.